The molecule has 0 aliphatic carbocycles. The normalized spacial score (nSPS) is 17.3. The first-order valence-electron chi connectivity index (χ1n) is 9.15. The number of nitrogens with zero attached hydrogens (tertiary/aromatic N) is 3. The van der Waals surface area contributed by atoms with Gasteiger partial charge in [0.25, 0.3) is 0 Å². The minimum absolute atomic E-state index is 0. The smallest absolute Gasteiger partial charge is 0.239 e. The molecule has 1 heterocycles. The van der Waals surface area contributed by atoms with Crippen molar-refractivity contribution in [3.8, 4) is 0 Å². The van der Waals surface area contributed by atoms with Crippen molar-refractivity contribution in [2.45, 2.75) is 31.8 Å². The number of halogens is 2. The minimum atomic E-state index is -0.232. The van der Waals surface area contributed by atoms with Crippen LogP contribution in [-0.4, -0.2) is 68.5 Å². The average molecular weight is 491 g/mol. The monoisotopic (exact) mass is 491 g/mol. The number of aliphatic imine (C=N–C) groups is 1. The predicted molar refractivity (Wildman–Crippen MR) is 118 cm³/mol. The SMILES string of the molecule is CN=C(NCCCN1CCCC1C(=O)N(C)C)NCc1ccc(F)cc1.I. The van der Waals surface area contributed by atoms with E-state index < -0.39 is 0 Å². The maximum atomic E-state index is 12.9. The zero-order chi connectivity index (χ0) is 18.9. The summed E-state index contributed by atoms with van der Waals surface area (Å²) >= 11 is 0. The molecule has 0 spiro atoms. The van der Waals surface area contributed by atoms with Gasteiger partial charge in [-0.2, -0.15) is 0 Å². The lowest BCUT2D eigenvalue weighted by Gasteiger charge is -2.26. The van der Waals surface area contributed by atoms with Gasteiger partial charge in [-0.15, -0.1) is 24.0 Å². The molecule has 27 heavy (non-hydrogen) atoms. The summed E-state index contributed by atoms with van der Waals surface area (Å²) in [5, 5.41) is 6.50. The first-order chi connectivity index (χ1) is 12.5. The van der Waals surface area contributed by atoms with Crippen LogP contribution in [0.5, 0.6) is 0 Å². The predicted octanol–water partition coefficient (Wildman–Crippen LogP) is 2.05. The summed E-state index contributed by atoms with van der Waals surface area (Å²) in [6.07, 6.45) is 2.97. The Kier molecular flexibility index (Phi) is 10.6. The number of carbonyl (C=O) groups is 1. The van der Waals surface area contributed by atoms with E-state index in [0.29, 0.717) is 6.54 Å². The van der Waals surface area contributed by atoms with Crippen LogP contribution in [-0.2, 0) is 11.3 Å². The van der Waals surface area contributed by atoms with Crippen LogP contribution in [0.15, 0.2) is 29.3 Å². The molecule has 1 aromatic rings. The molecule has 1 aliphatic rings. The third-order valence-electron chi connectivity index (χ3n) is 4.60. The van der Waals surface area contributed by atoms with Crippen LogP contribution >= 0.6 is 24.0 Å². The Hall–Kier alpha value is -1.42. The van der Waals surface area contributed by atoms with Crippen molar-refractivity contribution in [1.82, 2.24) is 20.4 Å². The van der Waals surface area contributed by atoms with E-state index in [4.69, 9.17) is 0 Å². The topological polar surface area (TPSA) is 60.0 Å². The molecule has 2 N–H and O–H groups in total. The fourth-order valence-electron chi connectivity index (χ4n) is 3.17. The molecule has 0 aromatic heterocycles. The van der Waals surface area contributed by atoms with Crippen molar-refractivity contribution in [3.05, 3.63) is 35.6 Å². The summed E-state index contributed by atoms with van der Waals surface area (Å²) in [4.78, 5) is 20.4. The molecule has 8 heteroatoms. The van der Waals surface area contributed by atoms with E-state index in [1.165, 1.54) is 12.1 Å². The molecule has 152 valence electrons. The second kappa shape index (κ2) is 12.1. The number of hydrogen-bond acceptors (Lipinski definition) is 3. The molecule has 6 nitrogen and oxygen atoms in total. The summed E-state index contributed by atoms with van der Waals surface area (Å²) in [7, 11) is 5.36. The Morgan fingerprint density at radius 2 is 2.00 bits per heavy atom. The van der Waals surface area contributed by atoms with Gasteiger partial charge in [-0.05, 0) is 43.5 Å². The number of carbonyl (C=O) groups excluding carboxylic acids is 1. The molecular weight excluding hydrogens is 460 g/mol. The van der Waals surface area contributed by atoms with Gasteiger partial charge in [0.1, 0.15) is 5.82 Å². The quantitative estimate of drug-likeness (QED) is 0.266. The van der Waals surface area contributed by atoms with Crippen LogP contribution in [0.1, 0.15) is 24.8 Å². The maximum Gasteiger partial charge on any atom is 0.239 e. The summed E-state index contributed by atoms with van der Waals surface area (Å²) in [5.74, 6) is 0.688. The van der Waals surface area contributed by atoms with Crippen LogP contribution in [0.4, 0.5) is 4.39 Å². The second-order valence-corrected chi connectivity index (χ2v) is 6.76. The van der Waals surface area contributed by atoms with E-state index in [9.17, 15) is 9.18 Å². The van der Waals surface area contributed by atoms with E-state index in [0.717, 1.165) is 50.4 Å². The Bertz CT molecular complexity index is 609. The number of likely N-dealkylation sites (tertiary alicyclic amines) is 1. The van der Waals surface area contributed by atoms with Crippen LogP contribution in [0.3, 0.4) is 0 Å². The van der Waals surface area contributed by atoms with Gasteiger partial charge in [-0.25, -0.2) is 4.39 Å². The Morgan fingerprint density at radius 1 is 1.30 bits per heavy atom. The number of rotatable bonds is 7. The van der Waals surface area contributed by atoms with Gasteiger partial charge >= 0.3 is 0 Å². The molecule has 1 unspecified atom stereocenters. The largest absolute Gasteiger partial charge is 0.356 e. The molecule has 0 radical (unpaired) electrons. The van der Waals surface area contributed by atoms with Crippen molar-refractivity contribution in [1.29, 1.82) is 0 Å². The highest BCUT2D eigenvalue weighted by atomic mass is 127. The van der Waals surface area contributed by atoms with Crippen molar-refractivity contribution in [2.75, 3.05) is 40.8 Å². The molecule has 1 saturated heterocycles. The van der Waals surface area contributed by atoms with Gasteiger partial charge in [0.15, 0.2) is 5.96 Å². The Morgan fingerprint density at radius 3 is 2.63 bits per heavy atom. The van der Waals surface area contributed by atoms with Crippen LogP contribution in [0.25, 0.3) is 0 Å². The first-order valence-corrected chi connectivity index (χ1v) is 9.15. The lowest BCUT2D eigenvalue weighted by molar-refractivity contribution is -0.133. The fourth-order valence-corrected chi connectivity index (χ4v) is 3.17. The molecule has 2 rings (SSSR count). The highest BCUT2D eigenvalue weighted by molar-refractivity contribution is 14.0. The van der Waals surface area contributed by atoms with E-state index in [1.807, 2.05) is 14.1 Å². The van der Waals surface area contributed by atoms with Gasteiger partial charge < -0.3 is 15.5 Å². The standard InChI is InChI=1S/C19H30FN5O.HI/c1-21-19(23-14-15-7-9-16(20)10-8-15)22-11-5-13-25-12-4-6-17(25)18(26)24(2)3;/h7-10,17H,4-6,11-14H2,1-3H3,(H2,21,22,23);1H. The number of nitrogens with one attached hydrogen (secondary N) is 2. The first kappa shape index (κ1) is 23.6. The third kappa shape index (κ3) is 7.61. The lowest BCUT2D eigenvalue weighted by atomic mass is 10.2. The van der Waals surface area contributed by atoms with Gasteiger partial charge in [0.05, 0.1) is 6.04 Å². The highest BCUT2D eigenvalue weighted by Gasteiger charge is 2.30. The molecule has 0 bridgehead atoms. The van der Waals surface area contributed by atoms with Gasteiger partial charge in [-0.3, -0.25) is 14.7 Å². The molecular formula is C19H31FIN5O. The molecule has 1 aliphatic heterocycles. The molecule has 0 saturated carbocycles. The van der Waals surface area contributed by atoms with Crippen LogP contribution < -0.4 is 10.6 Å². The summed E-state index contributed by atoms with van der Waals surface area (Å²) in [6, 6.07) is 6.44. The Labute approximate surface area is 178 Å². The van der Waals surface area contributed by atoms with E-state index in [1.54, 1.807) is 24.1 Å². The van der Waals surface area contributed by atoms with E-state index >= 15 is 0 Å². The van der Waals surface area contributed by atoms with Crippen LogP contribution in [0.2, 0.25) is 0 Å². The second-order valence-electron chi connectivity index (χ2n) is 6.76. The molecule has 1 amide bonds. The third-order valence-corrected chi connectivity index (χ3v) is 4.60. The minimum Gasteiger partial charge on any atom is -0.356 e. The number of likely N-dealkylation sites (N-methyl/N-ethyl adjacent to an activating group) is 1. The summed E-state index contributed by atoms with van der Waals surface area (Å²) in [6.45, 7) is 3.25. The van der Waals surface area contributed by atoms with E-state index in [-0.39, 0.29) is 41.7 Å². The zero-order valence-corrected chi connectivity index (χ0v) is 18.7. The Balaban J connectivity index is 0.00000364. The summed E-state index contributed by atoms with van der Waals surface area (Å²) in [5.41, 5.74) is 0.997. The zero-order valence-electron chi connectivity index (χ0n) is 16.4. The number of amides is 1. The summed E-state index contributed by atoms with van der Waals surface area (Å²) < 4.78 is 12.9. The molecule has 1 atom stereocenters. The highest BCUT2D eigenvalue weighted by Crippen LogP contribution is 2.18. The lowest BCUT2D eigenvalue weighted by Crippen LogP contribution is -2.44. The number of guanidine groups is 1. The van der Waals surface area contributed by atoms with Crippen molar-refractivity contribution >= 4 is 35.8 Å². The van der Waals surface area contributed by atoms with E-state index in [2.05, 4.69) is 20.5 Å². The maximum absolute atomic E-state index is 12.9. The number of benzene rings is 1. The molecule has 1 fully saturated rings. The van der Waals surface area contributed by atoms with Crippen molar-refractivity contribution < 1.29 is 9.18 Å². The van der Waals surface area contributed by atoms with Crippen molar-refractivity contribution in [3.63, 3.8) is 0 Å². The average Bonchev–Trinajstić information content (AvgIpc) is 3.10. The fraction of sp³-hybridized carbons (Fsp3) is 0.579. The number of hydrogen-bond donors (Lipinski definition) is 2. The van der Waals surface area contributed by atoms with Crippen LogP contribution in [0, 0.1) is 5.82 Å². The molecule has 1 aromatic carbocycles. The van der Waals surface area contributed by atoms with Gasteiger partial charge in [0, 0.05) is 40.8 Å². The van der Waals surface area contributed by atoms with Crippen molar-refractivity contribution in [2.24, 2.45) is 4.99 Å². The van der Waals surface area contributed by atoms with Gasteiger partial charge in [-0.1, -0.05) is 12.1 Å². The van der Waals surface area contributed by atoms with Gasteiger partial charge in [0.2, 0.25) is 5.91 Å².